The third-order valence-corrected chi connectivity index (χ3v) is 0.900. The minimum atomic E-state index is 0.300. The van der Waals surface area contributed by atoms with E-state index in [2.05, 4.69) is 9.98 Å². The van der Waals surface area contributed by atoms with Gasteiger partial charge in [-0.3, -0.25) is 4.99 Å². The highest BCUT2D eigenvalue weighted by Gasteiger charge is 1.98. The van der Waals surface area contributed by atoms with Crippen LogP contribution in [0.4, 0.5) is 0 Å². The highest BCUT2D eigenvalue weighted by atomic mass is 15.1. The van der Waals surface area contributed by atoms with Crippen LogP contribution >= 0.6 is 0 Å². The molecule has 0 saturated carbocycles. The monoisotopic (exact) mass is 112 g/mol. The van der Waals surface area contributed by atoms with Crippen molar-refractivity contribution in [3.05, 3.63) is 0 Å². The number of hydrogen-bond acceptors (Lipinski definition) is 4. The summed E-state index contributed by atoms with van der Waals surface area (Å²) in [6.07, 6.45) is 0.737. The van der Waals surface area contributed by atoms with E-state index in [9.17, 15) is 0 Å². The van der Waals surface area contributed by atoms with Gasteiger partial charge in [-0.25, -0.2) is 4.99 Å². The predicted octanol–water partition coefficient (Wildman–Crippen LogP) is -0.938. The predicted molar refractivity (Wildman–Crippen MR) is 32.7 cm³/mol. The molecular weight excluding hydrogens is 104 g/mol. The number of guanidine groups is 1. The fourth-order valence-electron chi connectivity index (χ4n) is 0.523. The third-order valence-electron chi connectivity index (χ3n) is 0.900. The summed E-state index contributed by atoms with van der Waals surface area (Å²) in [5, 5.41) is 0. The maximum atomic E-state index is 5.31. The second-order valence-electron chi connectivity index (χ2n) is 1.59. The summed E-state index contributed by atoms with van der Waals surface area (Å²) in [4.78, 5) is 7.51. The van der Waals surface area contributed by atoms with E-state index < -0.39 is 0 Å². The van der Waals surface area contributed by atoms with Gasteiger partial charge in [-0.15, -0.1) is 0 Å². The Balaban J connectivity index is 2.69. The van der Waals surface area contributed by atoms with Crippen LogP contribution in [0.3, 0.4) is 0 Å². The second kappa shape index (κ2) is 1.81. The largest absolute Gasteiger partial charge is 0.387 e. The van der Waals surface area contributed by atoms with E-state index in [1.165, 1.54) is 0 Å². The first kappa shape index (κ1) is 5.08. The Kier molecular flexibility index (Phi) is 1.15. The summed E-state index contributed by atoms with van der Waals surface area (Å²) in [6, 6.07) is 0. The van der Waals surface area contributed by atoms with E-state index in [0.717, 1.165) is 6.42 Å². The molecule has 0 saturated heterocycles. The van der Waals surface area contributed by atoms with Crippen molar-refractivity contribution in [2.24, 2.45) is 21.5 Å². The molecule has 0 aromatic rings. The fourth-order valence-corrected chi connectivity index (χ4v) is 0.523. The molecule has 0 fully saturated rings. The highest BCUT2D eigenvalue weighted by molar-refractivity contribution is 5.96. The first-order chi connectivity index (χ1) is 3.79. The van der Waals surface area contributed by atoms with Crippen molar-refractivity contribution in [3.8, 4) is 0 Å². The van der Waals surface area contributed by atoms with Crippen molar-refractivity contribution in [1.82, 2.24) is 0 Å². The Labute approximate surface area is 47.3 Å². The van der Waals surface area contributed by atoms with Gasteiger partial charge in [0.25, 0.3) is 0 Å². The quantitative estimate of drug-likeness (QED) is 0.424. The number of rotatable bonds is 0. The summed E-state index contributed by atoms with van der Waals surface area (Å²) in [5.74, 6) is 0.881. The average molecular weight is 112 g/mol. The lowest BCUT2D eigenvalue weighted by Crippen LogP contribution is -2.23. The Hall–Kier alpha value is -1.06. The SMILES string of the molecule is NC1=NC(N)=NCC1. The van der Waals surface area contributed by atoms with Crippen molar-refractivity contribution in [1.29, 1.82) is 0 Å². The number of nitrogens with two attached hydrogens (primary N) is 2. The van der Waals surface area contributed by atoms with Crippen molar-refractivity contribution < 1.29 is 0 Å². The fraction of sp³-hybridized carbons (Fsp3) is 0.500. The molecule has 0 unspecified atom stereocenters. The topological polar surface area (TPSA) is 76.8 Å². The van der Waals surface area contributed by atoms with Gasteiger partial charge in [-0.1, -0.05) is 0 Å². The van der Waals surface area contributed by atoms with Crippen molar-refractivity contribution >= 4 is 11.8 Å². The van der Waals surface area contributed by atoms with Gasteiger partial charge in [-0.05, 0) is 0 Å². The van der Waals surface area contributed by atoms with Gasteiger partial charge in [0.1, 0.15) is 5.84 Å². The van der Waals surface area contributed by atoms with Crippen molar-refractivity contribution in [3.63, 3.8) is 0 Å². The molecule has 4 nitrogen and oxygen atoms in total. The Morgan fingerprint density at radius 1 is 1.38 bits per heavy atom. The summed E-state index contributed by atoms with van der Waals surface area (Å²) >= 11 is 0. The summed E-state index contributed by atoms with van der Waals surface area (Å²) in [7, 11) is 0. The molecule has 1 aliphatic heterocycles. The van der Waals surface area contributed by atoms with E-state index in [1.807, 2.05) is 0 Å². The second-order valence-corrected chi connectivity index (χ2v) is 1.59. The average Bonchev–Trinajstić information content (AvgIpc) is 1.64. The molecule has 1 aliphatic rings. The zero-order valence-electron chi connectivity index (χ0n) is 4.46. The van der Waals surface area contributed by atoms with Crippen LogP contribution in [0.2, 0.25) is 0 Å². The number of hydrogen-bond donors (Lipinski definition) is 2. The van der Waals surface area contributed by atoms with Gasteiger partial charge in [0, 0.05) is 13.0 Å². The number of nitrogens with zero attached hydrogens (tertiary/aromatic N) is 2. The van der Waals surface area contributed by atoms with E-state index in [4.69, 9.17) is 11.5 Å². The van der Waals surface area contributed by atoms with E-state index in [1.54, 1.807) is 0 Å². The van der Waals surface area contributed by atoms with Crippen LogP contribution in [-0.4, -0.2) is 18.3 Å². The van der Waals surface area contributed by atoms with Crippen LogP contribution in [0.15, 0.2) is 9.98 Å². The lowest BCUT2D eigenvalue weighted by Gasteiger charge is -2.02. The molecule has 0 bridgehead atoms. The summed E-state index contributed by atoms with van der Waals surface area (Å²) in [5.41, 5.74) is 10.5. The minimum absolute atomic E-state index is 0.300. The maximum Gasteiger partial charge on any atom is 0.216 e. The summed E-state index contributed by atoms with van der Waals surface area (Å²) < 4.78 is 0. The molecule has 0 aliphatic carbocycles. The van der Waals surface area contributed by atoms with Crippen LogP contribution in [-0.2, 0) is 0 Å². The summed E-state index contributed by atoms with van der Waals surface area (Å²) in [6.45, 7) is 0.682. The molecule has 1 heterocycles. The molecular formula is C4H8N4. The first-order valence-electron chi connectivity index (χ1n) is 2.42. The van der Waals surface area contributed by atoms with Crippen molar-refractivity contribution in [2.45, 2.75) is 6.42 Å². The van der Waals surface area contributed by atoms with Gasteiger partial charge < -0.3 is 11.5 Å². The molecule has 0 atom stereocenters. The zero-order chi connectivity index (χ0) is 5.98. The molecule has 0 spiro atoms. The van der Waals surface area contributed by atoms with E-state index >= 15 is 0 Å². The molecule has 8 heavy (non-hydrogen) atoms. The molecule has 0 aromatic carbocycles. The molecule has 0 aromatic heterocycles. The van der Waals surface area contributed by atoms with Gasteiger partial charge in [-0.2, -0.15) is 0 Å². The lowest BCUT2D eigenvalue weighted by atomic mass is 10.4. The van der Waals surface area contributed by atoms with Crippen LogP contribution in [0, 0.1) is 0 Å². The van der Waals surface area contributed by atoms with E-state index in [0.29, 0.717) is 18.3 Å². The molecule has 0 radical (unpaired) electrons. The van der Waals surface area contributed by atoms with Crippen LogP contribution < -0.4 is 11.5 Å². The Morgan fingerprint density at radius 2 is 2.12 bits per heavy atom. The van der Waals surface area contributed by atoms with Crippen LogP contribution in [0.25, 0.3) is 0 Å². The lowest BCUT2D eigenvalue weighted by molar-refractivity contribution is 0.996. The Bertz CT molecular complexity index is 146. The van der Waals surface area contributed by atoms with E-state index in [-0.39, 0.29) is 0 Å². The minimum Gasteiger partial charge on any atom is -0.387 e. The molecule has 4 N–H and O–H groups in total. The molecule has 0 amide bonds. The van der Waals surface area contributed by atoms with Gasteiger partial charge >= 0.3 is 0 Å². The van der Waals surface area contributed by atoms with Gasteiger partial charge in [0.05, 0.1) is 0 Å². The number of aliphatic imine (C=N–C) groups is 2. The van der Waals surface area contributed by atoms with Crippen LogP contribution in [0.5, 0.6) is 0 Å². The molecule has 1 rings (SSSR count). The molecule has 44 valence electrons. The normalized spacial score (nSPS) is 19.5. The molecule has 4 heteroatoms. The maximum absolute atomic E-state index is 5.31. The van der Waals surface area contributed by atoms with Crippen molar-refractivity contribution in [2.75, 3.05) is 6.54 Å². The highest BCUT2D eigenvalue weighted by Crippen LogP contribution is 1.89. The third kappa shape index (κ3) is 0.959. The zero-order valence-corrected chi connectivity index (χ0v) is 4.46. The number of amidine groups is 1. The van der Waals surface area contributed by atoms with Crippen LogP contribution in [0.1, 0.15) is 6.42 Å². The van der Waals surface area contributed by atoms with Gasteiger partial charge in [0.2, 0.25) is 5.96 Å². The first-order valence-corrected chi connectivity index (χ1v) is 2.42. The smallest absolute Gasteiger partial charge is 0.216 e. The van der Waals surface area contributed by atoms with Gasteiger partial charge in [0.15, 0.2) is 0 Å². The Morgan fingerprint density at radius 3 is 2.50 bits per heavy atom. The standard InChI is InChI=1S/C4H8N4/c5-3-1-2-7-4(6)8-3/h1-2H2,(H4,5,6,7,8).